The van der Waals surface area contributed by atoms with E-state index in [0.717, 1.165) is 5.56 Å². The van der Waals surface area contributed by atoms with Gasteiger partial charge in [-0.2, -0.15) is 0 Å². The third kappa shape index (κ3) is 4.20. The van der Waals surface area contributed by atoms with Gasteiger partial charge in [0.05, 0.1) is 17.5 Å². The van der Waals surface area contributed by atoms with Gasteiger partial charge in [-0.15, -0.1) is 0 Å². The minimum absolute atomic E-state index is 0.0289. The largest absolute Gasteiger partial charge is 0.336 e. The Labute approximate surface area is 148 Å². The molecule has 0 bridgehead atoms. The lowest BCUT2D eigenvalue weighted by molar-refractivity contribution is -0.137. The summed E-state index contributed by atoms with van der Waals surface area (Å²) >= 11 is 0. The van der Waals surface area contributed by atoms with Gasteiger partial charge in [0.25, 0.3) is 0 Å². The Kier molecular flexibility index (Phi) is 5.16. The Morgan fingerprint density at radius 3 is 2.64 bits per heavy atom. The molecular formula is C18H25FN2O3S. The lowest BCUT2D eigenvalue weighted by Crippen LogP contribution is -2.60. The molecular weight excluding hydrogens is 343 g/mol. The van der Waals surface area contributed by atoms with Crippen molar-refractivity contribution in [2.75, 3.05) is 24.6 Å². The molecule has 0 aliphatic carbocycles. The van der Waals surface area contributed by atoms with Crippen molar-refractivity contribution < 1.29 is 17.6 Å². The smallest absolute Gasteiger partial charge is 0.223 e. The monoisotopic (exact) mass is 368 g/mol. The summed E-state index contributed by atoms with van der Waals surface area (Å²) in [4.78, 5) is 16.4. The molecule has 2 saturated heterocycles. The highest BCUT2D eigenvalue weighted by molar-refractivity contribution is 7.91. The summed E-state index contributed by atoms with van der Waals surface area (Å²) in [6, 6.07) is 5.88. The molecule has 7 heteroatoms. The van der Waals surface area contributed by atoms with Crippen molar-refractivity contribution in [3.8, 4) is 0 Å². The van der Waals surface area contributed by atoms with Gasteiger partial charge in [-0.3, -0.25) is 9.69 Å². The van der Waals surface area contributed by atoms with Crippen LogP contribution in [0.5, 0.6) is 0 Å². The zero-order valence-corrected chi connectivity index (χ0v) is 15.5. The average Bonchev–Trinajstić information content (AvgIpc) is 2.82. The second-order valence-electron chi connectivity index (χ2n) is 7.50. The van der Waals surface area contributed by atoms with Crippen molar-refractivity contribution in [3.05, 3.63) is 35.6 Å². The molecule has 0 spiro atoms. The number of sulfone groups is 1. The molecule has 5 nitrogen and oxygen atoms in total. The van der Waals surface area contributed by atoms with Crippen molar-refractivity contribution in [2.24, 2.45) is 5.92 Å². The molecule has 0 aromatic heterocycles. The topological polar surface area (TPSA) is 57.7 Å². The van der Waals surface area contributed by atoms with Crippen LogP contribution in [0.1, 0.15) is 25.8 Å². The molecule has 0 saturated carbocycles. The molecule has 2 aliphatic rings. The molecule has 2 fully saturated rings. The van der Waals surface area contributed by atoms with E-state index in [2.05, 4.69) is 4.90 Å². The number of rotatable bonds is 4. The Bertz CT molecular complexity index is 750. The number of benzene rings is 1. The summed E-state index contributed by atoms with van der Waals surface area (Å²) in [5, 5.41) is 0. The molecule has 1 amide bonds. The standard InChI is InChI=1S/C18H25FN2O3S/c1-13(2)8-18(22)21-7-6-20(10-14-4-3-5-15(19)9-14)16-11-25(23,24)12-17(16)21/h3-5,9,13,16-17H,6-8,10-12H2,1-2H3/t16-,17+/m0/s1. The number of fused-ring (bicyclic) bond motifs is 1. The van der Waals surface area contributed by atoms with Crippen molar-refractivity contribution in [2.45, 2.75) is 38.9 Å². The first kappa shape index (κ1) is 18.3. The van der Waals surface area contributed by atoms with E-state index in [1.807, 2.05) is 19.9 Å². The Hall–Kier alpha value is -1.47. The first-order valence-electron chi connectivity index (χ1n) is 8.73. The van der Waals surface area contributed by atoms with Gasteiger partial charge < -0.3 is 4.90 Å². The number of carbonyl (C=O) groups is 1. The van der Waals surface area contributed by atoms with Crippen LogP contribution in [0.4, 0.5) is 4.39 Å². The number of hydrogen-bond acceptors (Lipinski definition) is 4. The molecule has 0 N–H and O–H groups in total. The summed E-state index contributed by atoms with van der Waals surface area (Å²) in [6.45, 7) is 5.61. The van der Waals surface area contributed by atoms with Gasteiger partial charge in [-0.25, -0.2) is 12.8 Å². The van der Waals surface area contributed by atoms with Crippen molar-refractivity contribution in [3.63, 3.8) is 0 Å². The van der Waals surface area contributed by atoms with Crippen LogP contribution in [0.2, 0.25) is 0 Å². The van der Waals surface area contributed by atoms with E-state index in [1.165, 1.54) is 12.1 Å². The Morgan fingerprint density at radius 2 is 1.96 bits per heavy atom. The van der Waals surface area contributed by atoms with E-state index in [1.54, 1.807) is 11.0 Å². The number of nitrogens with zero attached hydrogens (tertiary/aromatic N) is 2. The summed E-state index contributed by atoms with van der Waals surface area (Å²) in [5.74, 6) is 0.0835. The average molecular weight is 368 g/mol. The number of carbonyl (C=O) groups excluding carboxylic acids is 1. The van der Waals surface area contributed by atoms with Crippen LogP contribution in [-0.2, 0) is 21.2 Å². The second kappa shape index (κ2) is 7.03. The Morgan fingerprint density at radius 1 is 1.24 bits per heavy atom. The normalized spacial score (nSPS) is 26.0. The maximum absolute atomic E-state index is 13.4. The fourth-order valence-corrected chi connectivity index (χ4v) is 5.88. The van der Waals surface area contributed by atoms with Gasteiger partial charge in [0.1, 0.15) is 5.82 Å². The highest BCUT2D eigenvalue weighted by atomic mass is 32.2. The fraction of sp³-hybridized carbons (Fsp3) is 0.611. The van der Waals surface area contributed by atoms with Crippen LogP contribution in [0, 0.1) is 11.7 Å². The highest BCUT2D eigenvalue weighted by Crippen LogP contribution is 2.29. The molecule has 1 aromatic rings. The molecule has 2 heterocycles. The van der Waals surface area contributed by atoms with Gasteiger partial charge >= 0.3 is 0 Å². The molecule has 3 rings (SSSR count). The molecule has 1 aromatic carbocycles. The molecule has 0 radical (unpaired) electrons. The molecule has 138 valence electrons. The fourth-order valence-electron chi connectivity index (χ4n) is 3.87. The predicted octanol–water partition coefficient (Wildman–Crippen LogP) is 1.68. The van der Waals surface area contributed by atoms with Crippen LogP contribution in [0.3, 0.4) is 0 Å². The van der Waals surface area contributed by atoms with Gasteiger partial charge in [0.15, 0.2) is 9.84 Å². The van der Waals surface area contributed by atoms with Crippen LogP contribution in [0.25, 0.3) is 0 Å². The van der Waals surface area contributed by atoms with Crippen LogP contribution < -0.4 is 0 Å². The van der Waals surface area contributed by atoms with Crippen molar-refractivity contribution in [1.29, 1.82) is 0 Å². The van der Waals surface area contributed by atoms with E-state index in [4.69, 9.17) is 0 Å². The number of halogens is 1. The third-order valence-electron chi connectivity index (χ3n) is 4.97. The van der Waals surface area contributed by atoms with Gasteiger partial charge in [-0.05, 0) is 23.6 Å². The number of amides is 1. The lowest BCUT2D eigenvalue weighted by atomic mass is 10.0. The van der Waals surface area contributed by atoms with Crippen LogP contribution in [0.15, 0.2) is 24.3 Å². The zero-order valence-electron chi connectivity index (χ0n) is 14.7. The molecule has 2 aliphatic heterocycles. The zero-order chi connectivity index (χ0) is 18.2. The predicted molar refractivity (Wildman–Crippen MR) is 94.2 cm³/mol. The number of piperazine rings is 1. The first-order valence-corrected chi connectivity index (χ1v) is 10.6. The summed E-state index contributed by atoms with van der Waals surface area (Å²) in [7, 11) is -3.17. The van der Waals surface area contributed by atoms with E-state index in [-0.39, 0.29) is 41.2 Å². The van der Waals surface area contributed by atoms with Crippen molar-refractivity contribution in [1.82, 2.24) is 9.80 Å². The number of hydrogen-bond donors (Lipinski definition) is 0. The van der Waals surface area contributed by atoms with E-state index in [9.17, 15) is 17.6 Å². The highest BCUT2D eigenvalue weighted by Gasteiger charge is 2.47. The van der Waals surface area contributed by atoms with Crippen molar-refractivity contribution >= 4 is 15.7 Å². The van der Waals surface area contributed by atoms with Crippen LogP contribution in [-0.4, -0.2) is 60.8 Å². The third-order valence-corrected chi connectivity index (χ3v) is 6.67. The van der Waals surface area contributed by atoms with E-state index in [0.29, 0.717) is 26.1 Å². The summed E-state index contributed by atoms with van der Waals surface area (Å²) in [6.07, 6.45) is 0.438. The maximum Gasteiger partial charge on any atom is 0.223 e. The molecule has 0 unspecified atom stereocenters. The van der Waals surface area contributed by atoms with Gasteiger partial charge in [0.2, 0.25) is 5.91 Å². The summed E-state index contributed by atoms with van der Waals surface area (Å²) < 4.78 is 37.9. The summed E-state index contributed by atoms with van der Waals surface area (Å²) in [5.41, 5.74) is 0.824. The Balaban J connectivity index is 1.79. The van der Waals surface area contributed by atoms with E-state index >= 15 is 0 Å². The molecule has 2 atom stereocenters. The van der Waals surface area contributed by atoms with E-state index < -0.39 is 9.84 Å². The van der Waals surface area contributed by atoms with Gasteiger partial charge in [0, 0.05) is 32.1 Å². The molecule has 25 heavy (non-hydrogen) atoms. The second-order valence-corrected chi connectivity index (χ2v) is 9.65. The first-order chi connectivity index (χ1) is 11.7. The van der Waals surface area contributed by atoms with Crippen LogP contribution >= 0.6 is 0 Å². The van der Waals surface area contributed by atoms with Gasteiger partial charge in [-0.1, -0.05) is 26.0 Å². The SMILES string of the molecule is CC(C)CC(=O)N1CCN(Cc2cccc(F)c2)[C@H]2CS(=O)(=O)C[C@H]21. The maximum atomic E-state index is 13.4. The lowest BCUT2D eigenvalue weighted by Gasteiger charge is -2.44. The minimum atomic E-state index is -3.17. The quantitative estimate of drug-likeness (QED) is 0.811. The minimum Gasteiger partial charge on any atom is -0.336 e.